The third-order valence-corrected chi connectivity index (χ3v) is 5.77. The number of fused-ring (bicyclic) bond motifs is 1. The number of benzene rings is 1. The first-order chi connectivity index (χ1) is 16.4. The van der Waals surface area contributed by atoms with Crippen LogP contribution in [0.25, 0.3) is 17.8 Å². The second kappa shape index (κ2) is 8.77. The van der Waals surface area contributed by atoms with Crippen molar-refractivity contribution in [2.75, 3.05) is 7.11 Å². The molecule has 4 aromatic rings. The molecular weight excluding hydrogens is 445 g/mol. The van der Waals surface area contributed by atoms with Crippen LogP contribution < -0.4 is 4.74 Å². The number of halogens is 3. The van der Waals surface area contributed by atoms with E-state index in [-0.39, 0.29) is 5.56 Å². The highest BCUT2D eigenvalue weighted by Crippen LogP contribution is 2.40. The van der Waals surface area contributed by atoms with Crippen LogP contribution in [0.15, 0.2) is 55.1 Å². The first kappa shape index (κ1) is 21.9. The lowest BCUT2D eigenvalue weighted by molar-refractivity contribution is -0.138. The van der Waals surface area contributed by atoms with Crippen molar-refractivity contribution in [3.8, 4) is 11.6 Å². The van der Waals surface area contributed by atoms with Crippen LogP contribution in [0.4, 0.5) is 13.2 Å². The van der Waals surface area contributed by atoms with Gasteiger partial charge in [0, 0.05) is 24.9 Å². The number of hydrogen-bond donors (Lipinski definition) is 0. The molecule has 0 bridgehead atoms. The molecule has 1 atom stereocenters. The van der Waals surface area contributed by atoms with Crippen molar-refractivity contribution in [3.05, 3.63) is 83.6 Å². The normalized spacial score (nSPS) is 16.1. The molecule has 5 rings (SSSR count). The number of pyridine rings is 1. The van der Waals surface area contributed by atoms with Crippen molar-refractivity contribution >= 4 is 12.2 Å². The molecule has 0 saturated heterocycles. The number of rotatable bonds is 5. The number of alkyl halides is 3. The first-order valence-corrected chi connectivity index (χ1v) is 10.8. The van der Waals surface area contributed by atoms with Crippen LogP contribution in [-0.2, 0) is 12.7 Å². The van der Waals surface area contributed by atoms with Crippen molar-refractivity contribution in [3.63, 3.8) is 0 Å². The summed E-state index contributed by atoms with van der Waals surface area (Å²) in [5.41, 5.74) is 0.995. The lowest BCUT2D eigenvalue weighted by Gasteiger charge is -2.25. The highest BCUT2D eigenvalue weighted by Gasteiger charge is 2.37. The Morgan fingerprint density at radius 1 is 1.09 bits per heavy atom. The minimum Gasteiger partial charge on any atom is -0.479 e. The van der Waals surface area contributed by atoms with Crippen molar-refractivity contribution in [2.45, 2.75) is 31.5 Å². The van der Waals surface area contributed by atoms with Crippen LogP contribution in [0, 0.1) is 0 Å². The molecule has 3 aromatic heterocycles. The number of hydrogen-bond acceptors (Lipinski definition) is 5. The molecule has 10 heteroatoms. The summed E-state index contributed by atoms with van der Waals surface area (Å²) in [5, 5.41) is 4.50. The highest BCUT2D eigenvalue weighted by molar-refractivity contribution is 5.65. The SMILES string of the molecule is COc1nc(C=Cc2nc3n(n2)CCC[C@@H]3c2ccccc2C(F)(F)F)ccc1-n1ccnc1. The van der Waals surface area contributed by atoms with E-state index in [1.165, 1.54) is 12.1 Å². The third-order valence-electron chi connectivity index (χ3n) is 5.77. The lowest BCUT2D eigenvalue weighted by Crippen LogP contribution is -2.21. The molecule has 0 amide bonds. The Hall–Kier alpha value is -3.95. The molecule has 1 aliphatic heterocycles. The minimum absolute atomic E-state index is 0.236. The molecule has 0 unspecified atom stereocenters. The molecule has 4 heterocycles. The van der Waals surface area contributed by atoms with Crippen LogP contribution in [0.2, 0.25) is 0 Å². The van der Waals surface area contributed by atoms with Gasteiger partial charge >= 0.3 is 6.18 Å². The zero-order chi connectivity index (χ0) is 23.7. The van der Waals surface area contributed by atoms with Gasteiger partial charge in [-0.2, -0.15) is 18.3 Å². The predicted octanol–water partition coefficient (Wildman–Crippen LogP) is 4.98. The van der Waals surface area contributed by atoms with Crippen LogP contribution in [0.5, 0.6) is 5.88 Å². The number of aromatic nitrogens is 6. The summed E-state index contributed by atoms with van der Waals surface area (Å²) in [6.07, 6.45) is 5.46. The van der Waals surface area contributed by atoms with Crippen molar-refractivity contribution in [2.24, 2.45) is 0 Å². The molecule has 0 N–H and O–H groups in total. The number of nitrogens with zero attached hydrogens (tertiary/aromatic N) is 6. The fourth-order valence-corrected chi connectivity index (χ4v) is 4.24. The van der Waals surface area contributed by atoms with E-state index < -0.39 is 17.7 Å². The standard InChI is InChI=1S/C24H21F3N6O/c1-34-23-20(32-14-12-28-15-32)10-8-16(29-23)9-11-21-30-22-18(6-4-13-33(22)31-21)17-5-2-3-7-19(17)24(25,26)27/h2-3,5,7-12,14-15,18H,4,6,13H2,1H3/t18-/m1/s1. The molecular formula is C24H21F3N6O. The second-order valence-electron chi connectivity index (χ2n) is 7.90. The van der Waals surface area contributed by atoms with Gasteiger partial charge in [-0.1, -0.05) is 18.2 Å². The van der Waals surface area contributed by atoms with Crippen molar-refractivity contribution < 1.29 is 17.9 Å². The summed E-state index contributed by atoms with van der Waals surface area (Å²) in [6, 6.07) is 9.39. The Morgan fingerprint density at radius 3 is 2.71 bits per heavy atom. The maximum absolute atomic E-state index is 13.6. The van der Waals surface area contributed by atoms with E-state index in [2.05, 4.69) is 20.1 Å². The summed E-state index contributed by atoms with van der Waals surface area (Å²) < 4.78 is 49.7. The number of ether oxygens (including phenoxy) is 1. The molecule has 0 aliphatic carbocycles. The maximum Gasteiger partial charge on any atom is 0.416 e. The Balaban J connectivity index is 1.44. The number of imidazole rings is 1. The zero-order valence-corrected chi connectivity index (χ0v) is 18.3. The van der Waals surface area contributed by atoms with Gasteiger partial charge in [-0.25, -0.2) is 19.6 Å². The van der Waals surface area contributed by atoms with Crippen LogP contribution >= 0.6 is 0 Å². The van der Waals surface area contributed by atoms with Crippen LogP contribution in [0.3, 0.4) is 0 Å². The number of methoxy groups -OCH3 is 1. The molecule has 1 aromatic carbocycles. The van der Waals surface area contributed by atoms with Crippen molar-refractivity contribution in [1.82, 2.24) is 29.3 Å². The van der Waals surface area contributed by atoms with Gasteiger partial charge in [0.2, 0.25) is 5.88 Å². The van der Waals surface area contributed by atoms with E-state index in [9.17, 15) is 13.2 Å². The monoisotopic (exact) mass is 466 g/mol. The molecule has 0 spiro atoms. The van der Waals surface area contributed by atoms with Gasteiger partial charge in [0.25, 0.3) is 0 Å². The second-order valence-corrected chi connectivity index (χ2v) is 7.90. The molecule has 174 valence electrons. The van der Waals surface area contributed by atoms with Gasteiger partial charge < -0.3 is 9.30 Å². The van der Waals surface area contributed by atoms with E-state index in [4.69, 9.17) is 4.74 Å². The van der Waals surface area contributed by atoms with Crippen LogP contribution in [0.1, 0.15) is 47.2 Å². The van der Waals surface area contributed by atoms with Gasteiger partial charge in [0.15, 0.2) is 5.82 Å². The van der Waals surface area contributed by atoms with Crippen molar-refractivity contribution in [1.29, 1.82) is 0 Å². The van der Waals surface area contributed by atoms with Gasteiger partial charge in [-0.15, -0.1) is 0 Å². The Morgan fingerprint density at radius 2 is 1.94 bits per heavy atom. The fourth-order valence-electron chi connectivity index (χ4n) is 4.24. The minimum atomic E-state index is -4.42. The molecule has 0 fully saturated rings. The average molecular weight is 466 g/mol. The van der Waals surface area contributed by atoms with E-state index in [0.29, 0.717) is 36.2 Å². The Labute approximate surface area is 193 Å². The third kappa shape index (κ3) is 4.18. The quantitative estimate of drug-likeness (QED) is 0.415. The Bertz CT molecular complexity index is 1330. The van der Waals surface area contributed by atoms with Gasteiger partial charge in [-0.05, 0) is 48.8 Å². The largest absolute Gasteiger partial charge is 0.479 e. The molecule has 0 radical (unpaired) electrons. The van der Waals surface area contributed by atoms with E-state index in [0.717, 1.165) is 18.2 Å². The summed E-state index contributed by atoms with van der Waals surface area (Å²) in [7, 11) is 1.54. The zero-order valence-electron chi connectivity index (χ0n) is 18.3. The molecule has 1 aliphatic rings. The lowest BCUT2D eigenvalue weighted by atomic mass is 9.88. The van der Waals surface area contributed by atoms with E-state index in [1.54, 1.807) is 53.3 Å². The molecule has 34 heavy (non-hydrogen) atoms. The molecule has 0 saturated carbocycles. The van der Waals surface area contributed by atoms with Crippen LogP contribution in [-0.4, -0.2) is 36.4 Å². The summed E-state index contributed by atoms with van der Waals surface area (Å²) >= 11 is 0. The smallest absolute Gasteiger partial charge is 0.416 e. The highest BCUT2D eigenvalue weighted by atomic mass is 19.4. The summed E-state index contributed by atoms with van der Waals surface area (Å²) in [6.45, 7) is 0.618. The Kier molecular flexibility index (Phi) is 5.64. The average Bonchev–Trinajstić information content (AvgIpc) is 3.52. The fraction of sp³-hybridized carbons (Fsp3) is 0.250. The molecule has 7 nitrogen and oxygen atoms in total. The summed E-state index contributed by atoms with van der Waals surface area (Å²) in [4.78, 5) is 13.1. The predicted molar refractivity (Wildman–Crippen MR) is 119 cm³/mol. The van der Waals surface area contributed by atoms with Gasteiger partial charge in [-0.3, -0.25) is 0 Å². The topological polar surface area (TPSA) is 70.7 Å². The van der Waals surface area contributed by atoms with Gasteiger partial charge in [0.05, 0.1) is 24.7 Å². The number of aryl methyl sites for hydroxylation is 1. The summed E-state index contributed by atoms with van der Waals surface area (Å²) in [5.74, 6) is 0.935. The van der Waals surface area contributed by atoms with E-state index >= 15 is 0 Å². The first-order valence-electron chi connectivity index (χ1n) is 10.8. The maximum atomic E-state index is 13.6. The van der Waals surface area contributed by atoms with Gasteiger partial charge in [0.1, 0.15) is 11.5 Å². The van der Waals surface area contributed by atoms with E-state index in [1.807, 2.05) is 12.1 Å².